The zero-order valence-electron chi connectivity index (χ0n) is 29.6. The van der Waals surface area contributed by atoms with Crippen LogP contribution in [0.1, 0.15) is 53.5 Å². The first-order valence-corrected chi connectivity index (χ1v) is 21.0. The Kier molecular flexibility index (Phi) is 10.8. The third kappa shape index (κ3) is 8.04. The molecule has 50 heavy (non-hydrogen) atoms. The molecule has 0 saturated carbocycles. The Morgan fingerprint density at radius 2 is 1.80 bits per heavy atom. The number of aromatic nitrogens is 1. The van der Waals surface area contributed by atoms with Crippen LogP contribution in [-0.4, -0.2) is 70.9 Å². The van der Waals surface area contributed by atoms with Gasteiger partial charge in [-0.2, -0.15) is 8.42 Å². The first-order chi connectivity index (χ1) is 23.5. The van der Waals surface area contributed by atoms with E-state index in [1.165, 1.54) is 24.3 Å². The maximum absolute atomic E-state index is 14.6. The molecule has 5 rings (SSSR count). The summed E-state index contributed by atoms with van der Waals surface area (Å²) in [5, 5.41) is -0.220. The standard InChI is InChI=1S/C36H45N3O9SSi/c1-9-16-45-35(41)39-29-20-32(46-23-27-17-24(14-15-37-27)22-47-49(6,42)43)31(44-5)19-28(29)33(40)38-21-26-13-11-10-12-25(26)18-30(38)34(39)48-50(7,8)36(2,3)4/h9-15,17,19-20,30,34H,1,16,18,21-23H2,2-8H3/t30-,34?/m0/s1. The fourth-order valence-electron chi connectivity index (χ4n) is 5.72. The summed E-state index contributed by atoms with van der Waals surface area (Å²) in [5.74, 6) is 0.229. The Labute approximate surface area is 295 Å². The number of nitrogens with zero attached hydrogens (tertiary/aromatic N) is 3. The van der Waals surface area contributed by atoms with Crippen LogP contribution < -0.4 is 14.4 Å². The van der Waals surface area contributed by atoms with E-state index < -0.39 is 36.8 Å². The Balaban J connectivity index is 1.62. The number of fused-ring (bicyclic) bond motifs is 3. The zero-order valence-corrected chi connectivity index (χ0v) is 31.4. The van der Waals surface area contributed by atoms with Crippen molar-refractivity contribution in [1.82, 2.24) is 9.88 Å². The van der Waals surface area contributed by atoms with Crippen molar-refractivity contribution >= 4 is 36.1 Å². The summed E-state index contributed by atoms with van der Waals surface area (Å²) < 4.78 is 52.7. The second-order valence-electron chi connectivity index (χ2n) is 13.9. The monoisotopic (exact) mass is 723 g/mol. The van der Waals surface area contributed by atoms with Crippen molar-refractivity contribution in [3.63, 3.8) is 0 Å². The molecule has 0 bridgehead atoms. The second-order valence-corrected chi connectivity index (χ2v) is 20.3. The van der Waals surface area contributed by atoms with E-state index in [0.717, 1.165) is 17.4 Å². The van der Waals surface area contributed by atoms with E-state index in [1.807, 2.05) is 24.3 Å². The Bertz CT molecular complexity index is 1880. The fraction of sp³-hybridized carbons (Fsp3) is 0.417. The number of anilines is 1. The van der Waals surface area contributed by atoms with Gasteiger partial charge < -0.3 is 23.5 Å². The van der Waals surface area contributed by atoms with Gasteiger partial charge in [0.25, 0.3) is 16.0 Å². The topological polar surface area (TPSA) is 134 Å². The summed E-state index contributed by atoms with van der Waals surface area (Å²) in [7, 11) is -4.75. The minimum absolute atomic E-state index is 0.0370. The third-order valence-electron chi connectivity index (χ3n) is 9.34. The molecule has 1 unspecified atom stereocenters. The smallest absolute Gasteiger partial charge is 0.416 e. The molecular formula is C36H45N3O9SSi. The Morgan fingerprint density at radius 3 is 2.46 bits per heavy atom. The van der Waals surface area contributed by atoms with E-state index in [4.69, 9.17) is 22.8 Å². The minimum Gasteiger partial charge on any atom is -0.493 e. The predicted molar refractivity (Wildman–Crippen MR) is 191 cm³/mol. The molecule has 0 aliphatic carbocycles. The predicted octanol–water partition coefficient (Wildman–Crippen LogP) is 6.20. The van der Waals surface area contributed by atoms with Crippen molar-refractivity contribution in [3.05, 3.63) is 95.3 Å². The number of pyridine rings is 1. The maximum atomic E-state index is 14.6. The lowest BCUT2D eigenvalue weighted by Gasteiger charge is -2.47. The molecule has 12 nitrogen and oxygen atoms in total. The molecule has 2 aliphatic rings. The van der Waals surface area contributed by atoms with Crippen molar-refractivity contribution in [2.24, 2.45) is 0 Å². The average molecular weight is 724 g/mol. The number of carbonyl (C=O) groups is 2. The number of hydrogen-bond donors (Lipinski definition) is 0. The molecule has 3 heterocycles. The molecule has 0 radical (unpaired) electrons. The van der Waals surface area contributed by atoms with E-state index >= 15 is 0 Å². The van der Waals surface area contributed by atoms with Crippen LogP contribution in [0.2, 0.25) is 18.1 Å². The lowest BCUT2D eigenvalue weighted by Crippen LogP contribution is -2.60. The average Bonchev–Trinajstić information content (AvgIpc) is 3.15. The Morgan fingerprint density at radius 1 is 1.08 bits per heavy atom. The van der Waals surface area contributed by atoms with Gasteiger partial charge in [0.1, 0.15) is 13.2 Å². The van der Waals surface area contributed by atoms with Crippen LogP contribution >= 0.6 is 0 Å². The summed E-state index contributed by atoms with van der Waals surface area (Å²) in [6, 6.07) is 13.9. The normalized spacial score (nSPS) is 17.6. The van der Waals surface area contributed by atoms with Crippen molar-refractivity contribution in [2.45, 2.75) is 77.4 Å². The number of amides is 2. The molecule has 1 aromatic heterocycles. The van der Waals surface area contributed by atoms with Gasteiger partial charge >= 0.3 is 6.09 Å². The molecule has 3 aromatic rings. The van der Waals surface area contributed by atoms with Crippen LogP contribution in [0.4, 0.5) is 10.5 Å². The highest BCUT2D eigenvalue weighted by Crippen LogP contribution is 2.45. The van der Waals surface area contributed by atoms with Crippen LogP contribution in [-0.2, 0) is 49.6 Å². The van der Waals surface area contributed by atoms with Gasteiger partial charge in [0.15, 0.2) is 26.0 Å². The summed E-state index contributed by atoms with van der Waals surface area (Å²) in [6.45, 7) is 14.4. The zero-order chi connectivity index (χ0) is 36.4. The van der Waals surface area contributed by atoms with Crippen molar-refractivity contribution < 1.29 is 40.8 Å². The largest absolute Gasteiger partial charge is 0.493 e. The van der Waals surface area contributed by atoms with Crippen molar-refractivity contribution in [2.75, 3.05) is 24.9 Å². The summed E-state index contributed by atoms with van der Waals surface area (Å²) in [6.07, 6.45) is 2.86. The first kappa shape index (κ1) is 37.0. The van der Waals surface area contributed by atoms with Crippen LogP contribution in [0.15, 0.2) is 67.4 Å². The van der Waals surface area contributed by atoms with Gasteiger partial charge in [0.05, 0.1) is 43.0 Å². The van der Waals surface area contributed by atoms with Crippen molar-refractivity contribution in [1.29, 1.82) is 0 Å². The molecule has 268 valence electrons. The number of rotatable bonds is 11. The van der Waals surface area contributed by atoms with Gasteiger partial charge in [-0.3, -0.25) is 14.0 Å². The first-order valence-electron chi connectivity index (χ1n) is 16.3. The number of hydrogen-bond acceptors (Lipinski definition) is 10. The van der Waals surface area contributed by atoms with Crippen molar-refractivity contribution in [3.8, 4) is 11.5 Å². The molecule has 0 N–H and O–H groups in total. The van der Waals surface area contributed by atoms with Gasteiger partial charge in [-0.05, 0) is 59.4 Å². The van der Waals surface area contributed by atoms with Crippen LogP contribution in [0.25, 0.3) is 0 Å². The van der Waals surface area contributed by atoms with E-state index in [-0.39, 0.29) is 53.5 Å². The molecule has 2 aromatic carbocycles. The van der Waals surface area contributed by atoms with E-state index in [1.54, 1.807) is 29.2 Å². The van der Waals surface area contributed by atoms with E-state index in [9.17, 15) is 18.0 Å². The van der Waals surface area contributed by atoms with E-state index in [2.05, 4.69) is 45.4 Å². The minimum atomic E-state index is -3.64. The maximum Gasteiger partial charge on any atom is 0.416 e. The number of ether oxygens (including phenoxy) is 3. The lowest BCUT2D eigenvalue weighted by atomic mass is 9.93. The van der Waals surface area contributed by atoms with Gasteiger partial charge in [0.2, 0.25) is 0 Å². The number of benzene rings is 2. The molecule has 0 spiro atoms. The Hall–Kier alpha value is -4.24. The van der Waals surface area contributed by atoms with Crippen LogP contribution in [0.5, 0.6) is 11.5 Å². The molecular weight excluding hydrogens is 679 g/mol. The number of carbonyl (C=O) groups excluding carboxylic acids is 2. The third-order valence-corrected chi connectivity index (χ3v) is 14.3. The highest BCUT2D eigenvalue weighted by atomic mass is 32.2. The lowest BCUT2D eigenvalue weighted by molar-refractivity contribution is 0.0338. The SMILES string of the molecule is C=CCOC(=O)N1c2cc(OCc3cc(COS(C)(=O)=O)ccn3)c(OC)cc2C(=O)N2Cc3ccccc3C[C@H]2C1O[Si](C)(C)C(C)(C)C. The second kappa shape index (κ2) is 14.5. The van der Waals surface area contributed by atoms with Gasteiger partial charge in [-0.1, -0.05) is 57.7 Å². The molecule has 14 heteroatoms. The highest BCUT2D eigenvalue weighted by molar-refractivity contribution is 7.85. The molecule has 0 saturated heterocycles. The molecule has 2 aliphatic heterocycles. The summed E-state index contributed by atoms with van der Waals surface area (Å²) >= 11 is 0. The number of methoxy groups -OCH3 is 1. The van der Waals surface area contributed by atoms with Gasteiger partial charge in [0, 0.05) is 18.8 Å². The molecule has 0 fully saturated rings. The van der Waals surface area contributed by atoms with Crippen LogP contribution in [0, 0.1) is 0 Å². The summed E-state index contributed by atoms with van der Waals surface area (Å²) in [5.41, 5.74) is 3.66. The highest BCUT2D eigenvalue weighted by Gasteiger charge is 2.50. The fourth-order valence-corrected chi connectivity index (χ4v) is 7.29. The van der Waals surface area contributed by atoms with E-state index in [0.29, 0.717) is 24.2 Å². The van der Waals surface area contributed by atoms with Gasteiger partial charge in [-0.25, -0.2) is 9.69 Å². The van der Waals surface area contributed by atoms with Crippen LogP contribution in [0.3, 0.4) is 0 Å². The molecule has 2 amide bonds. The summed E-state index contributed by atoms with van der Waals surface area (Å²) in [4.78, 5) is 36.4. The van der Waals surface area contributed by atoms with Gasteiger partial charge in [-0.15, -0.1) is 0 Å². The molecule has 2 atom stereocenters. The quantitative estimate of drug-likeness (QED) is 0.128.